The van der Waals surface area contributed by atoms with Crippen molar-refractivity contribution in [1.29, 1.82) is 0 Å². The van der Waals surface area contributed by atoms with Crippen LogP contribution < -0.4 is 0 Å². The van der Waals surface area contributed by atoms with Crippen LogP contribution in [0.1, 0.15) is 27.0 Å². The van der Waals surface area contributed by atoms with Gasteiger partial charge in [-0.3, -0.25) is 0 Å². The first-order chi connectivity index (χ1) is 7.04. The van der Waals surface area contributed by atoms with Crippen molar-refractivity contribution in [3.8, 4) is 11.5 Å². The lowest BCUT2D eigenvalue weighted by molar-refractivity contribution is 0.0689. The van der Waals surface area contributed by atoms with E-state index in [1.54, 1.807) is 0 Å². The standard InChI is InChI=1S/C10H10O5/c1-4-8(11)6-3-15-2-5(6)7(9(4)12)10(13)14/h11-12H,2-3H2,1H3,(H,13,14). The Morgan fingerprint density at radius 2 is 1.80 bits per heavy atom. The number of phenolic OH excluding ortho intramolecular Hbond substituents is 1. The van der Waals surface area contributed by atoms with Gasteiger partial charge in [-0.25, -0.2) is 4.79 Å². The van der Waals surface area contributed by atoms with E-state index in [4.69, 9.17) is 9.84 Å². The Hall–Kier alpha value is -1.75. The highest BCUT2D eigenvalue weighted by Crippen LogP contribution is 2.40. The molecule has 0 aromatic heterocycles. The predicted octanol–water partition coefficient (Wildman–Crippen LogP) is 1.13. The Kier molecular flexibility index (Phi) is 2.04. The van der Waals surface area contributed by atoms with E-state index >= 15 is 0 Å². The number of aromatic carboxylic acids is 1. The van der Waals surface area contributed by atoms with Crippen LogP contribution in [0, 0.1) is 6.92 Å². The summed E-state index contributed by atoms with van der Waals surface area (Å²) in [6.45, 7) is 1.76. The Morgan fingerprint density at radius 3 is 2.40 bits per heavy atom. The molecule has 0 saturated carbocycles. The highest BCUT2D eigenvalue weighted by Gasteiger charge is 2.28. The van der Waals surface area contributed by atoms with Gasteiger partial charge in [0.2, 0.25) is 0 Å². The molecule has 15 heavy (non-hydrogen) atoms. The molecule has 0 amide bonds. The number of phenols is 2. The summed E-state index contributed by atoms with van der Waals surface area (Å²) in [5, 5.41) is 28.2. The molecule has 1 aromatic carbocycles. The molecule has 1 heterocycles. The van der Waals surface area contributed by atoms with Gasteiger partial charge in [-0.2, -0.15) is 0 Å². The van der Waals surface area contributed by atoms with Crippen LogP contribution in [0.25, 0.3) is 0 Å². The molecule has 0 saturated heterocycles. The molecule has 0 radical (unpaired) electrons. The number of aromatic hydroxyl groups is 2. The molecule has 0 spiro atoms. The van der Waals surface area contributed by atoms with Crippen molar-refractivity contribution in [2.75, 3.05) is 0 Å². The molecule has 1 aliphatic heterocycles. The Balaban J connectivity index is 2.81. The van der Waals surface area contributed by atoms with Crippen LogP contribution in [0.3, 0.4) is 0 Å². The molecule has 5 heteroatoms. The van der Waals surface area contributed by atoms with E-state index in [9.17, 15) is 15.0 Å². The van der Waals surface area contributed by atoms with E-state index in [2.05, 4.69) is 0 Å². The van der Waals surface area contributed by atoms with E-state index in [0.29, 0.717) is 11.1 Å². The topological polar surface area (TPSA) is 87.0 Å². The van der Waals surface area contributed by atoms with Gasteiger partial charge in [-0.15, -0.1) is 0 Å². The van der Waals surface area contributed by atoms with Crippen LogP contribution in [0.4, 0.5) is 0 Å². The number of carbonyl (C=O) groups is 1. The maximum atomic E-state index is 10.9. The summed E-state index contributed by atoms with van der Waals surface area (Å²) in [7, 11) is 0. The lowest BCUT2D eigenvalue weighted by Crippen LogP contribution is -2.04. The van der Waals surface area contributed by atoms with Gasteiger partial charge in [-0.05, 0) is 6.92 Å². The molecular weight excluding hydrogens is 200 g/mol. The summed E-state index contributed by atoms with van der Waals surface area (Å²) >= 11 is 0. The maximum absolute atomic E-state index is 10.9. The Bertz CT molecular complexity index is 450. The Labute approximate surface area is 85.5 Å². The number of benzene rings is 1. The molecule has 0 aliphatic carbocycles. The first-order valence-corrected chi connectivity index (χ1v) is 4.41. The quantitative estimate of drug-likeness (QED) is 0.646. The molecule has 80 valence electrons. The van der Waals surface area contributed by atoms with Crippen LogP contribution in [0.2, 0.25) is 0 Å². The highest BCUT2D eigenvalue weighted by atomic mass is 16.5. The van der Waals surface area contributed by atoms with E-state index in [1.165, 1.54) is 6.92 Å². The molecular formula is C10H10O5. The minimum atomic E-state index is -1.21. The molecule has 0 atom stereocenters. The van der Waals surface area contributed by atoms with Gasteiger partial charge in [0.15, 0.2) is 0 Å². The van der Waals surface area contributed by atoms with Gasteiger partial charge >= 0.3 is 5.97 Å². The fourth-order valence-electron chi connectivity index (χ4n) is 1.76. The molecule has 0 unspecified atom stereocenters. The summed E-state index contributed by atoms with van der Waals surface area (Å²) < 4.78 is 5.06. The van der Waals surface area contributed by atoms with Crippen LogP contribution >= 0.6 is 0 Å². The summed E-state index contributed by atoms with van der Waals surface area (Å²) in [5.74, 6) is -1.67. The SMILES string of the molecule is Cc1c(O)c2c(c(C(=O)O)c1O)COC2. The zero-order valence-electron chi connectivity index (χ0n) is 8.07. The van der Waals surface area contributed by atoms with E-state index in [1.807, 2.05) is 0 Å². The van der Waals surface area contributed by atoms with Crippen LogP contribution in [-0.4, -0.2) is 21.3 Å². The number of carboxylic acids is 1. The molecule has 0 bridgehead atoms. The van der Waals surface area contributed by atoms with Crippen LogP contribution in [0.5, 0.6) is 11.5 Å². The first-order valence-electron chi connectivity index (χ1n) is 4.41. The van der Waals surface area contributed by atoms with Gasteiger partial charge in [0, 0.05) is 16.7 Å². The van der Waals surface area contributed by atoms with E-state index < -0.39 is 5.97 Å². The van der Waals surface area contributed by atoms with Crippen molar-refractivity contribution in [1.82, 2.24) is 0 Å². The van der Waals surface area contributed by atoms with Gasteiger partial charge in [0.05, 0.1) is 13.2 Å². The van der Waals surface area contributed by atoms with Crippen molar-refractivity contribution in [2.24, 2.45) is 0 Å². The number of hydrogen-bond acceptors (Lipinski definition) is 4. The Morgan fingerprint density at radius 1 is 1.20 bits per heavy atom. The third kappa shape index (κ3) is 1.24. The minimum absolute atomic E-state index is 0.0787. The molecule has 3 N–H and O–H groups in total. The fourth-order valence-corrected chi connectivity index (χ4v) is 1.76. The second kappa shape index (κ2) is 3.13. The third-order valence-electron chi connectivity index (χ3n) is 2.61. The van der Waals surface area contributed by atoms with Crippen molar-refractivity contribution in [2.45, 2.75) is 20.1 Å². The fraction of sp³-hybridized carbons (Fsp3) is 0.300. The highest BCUT2D eigenvalue weighted by molar-refractivity contribution is 5.94. The van der Waals surface area contributed by atoms with E-state index in [-0.39, 0.29) is 35.8 Å². The molecule has 2 rings (SSSR count). The zero-order valence-corrected chi connectivity index (χ0v) is 8.07. The van der Waals surface area contributed by atoms with Crippen molar-refractivity contribution < 1.29 is 24.9 Å². The predicted molar refractivity (Wildman–Crippen MR) is 50.0 cm³/mol. The number of carboxylic acid groups (broad SMARTS) is 1. The third-order valence-corrected chi connectivity index (χ3v) is 2.61. The maximum Gasteiger partial charge on any atom is 0.339 e. The lowest BCUT2D eigenvalue weighted by atomic mass is 9.97. The molecule has 0 fully saturated rings. The second-order valence-electron chi connectivity index (χ2n) is 3.45. The number of fused-ring (bicyclic) bond motifs is 1. The number of ether oxygens (including phenoxy) is 1. The minimum Gasteiger partial charge on any atom is -0.507 e. The van der Waals surface area contributed by atoms with Crippen molar-refractivity contribution >= 4 is 5.97 Å². The smallest absolute Gasteiger partial charge is 0.339 e. The van der Waals surface area contributed by atoms with Gasteiger partial charge in [0.1, 0.15) is 17.1 Å². The zero-order chi connectivity index (χ0) is 11.2. The monoisotopic (exact) mass is 210 g/mol. The summed E-state index contributed by atoms with van der Waals surface area (Å²) in [4.78, 5) is 10.9. The van der Waals surface area contributed by atoms with Gasteiger partial charge in [-0.1, -0.05) is 0 Å². The first kappa shape index (κ1) is 9.79. The van der Waals surface area contributed by atoms with Crippen LogP contribution in [0.15, 0.2) is 0 Å². The van der Waals surface area contributed by atoms with Gasteiger partial charge in [0.25, 0.3) is 0 Å². The number of hydrogen-bond donors (Lipinski definition) is 3. The van der Waals surface area contributed by atoms with Crippen molar-refractivity contribution in [3.63, 3.8) is 0 Å². The average molecular weight is 210 g/mol. The molecule has 5 nitrogen and oxygen atoms in total. The van der Waals surface area contributed by atoms with Crippen LogP contribution in [-0.2, 0) is 18.0 Å². The summed E-state index contributed by atoms with van der Waals surface area (Å²) in [6.07, 6.45) is 0. The normalized spacial score (nSPS) is 13.9. The average Bonchev–Trinajstić information content (AvgIpc) is 2.62. The van der Waals surface area contributed by atoms with E-state index in [0.717, 1.165) is 0 Å². The molecule has 1 aromatic rings. The van der Waals surface area contributed by atoms with Gasteiger partial charge < -0.3 is 20.1 Å². The largest absolute Gasteiger partial charge is 0.507 e. The lowest BCUT2D eigenvalue weighted by Gasteiger charge is -2.11. The summed E-state index contributed by atoms with van der Waals surface area (Å²) in [6, 6.07) is 0. The van der Waals surface area contributed by atoms with Crippen molar-refractivity contribution in [3.05, 3.63) is 22.3 Å². The molecule has 1 aliphatic rings. The summed E-state index contributed by atoms with van der Waals surface area (Å²) in [5.41, 5.74) is 0.834. The number of rotatable bonds is 1. The second-order valence-corrected chi connectivity index (χ2v) is 3.45.